The van der Waals surface area contributed by atoms with Gasteiger partial charge in [-0.2, -0.15) is 0 Å². The molecule has 1 fully saturated rings. The molecule has 1 rings (SSSR count). The van der Waals surface area contributed by atoms with Gasteiger partial charge >= 0.3 is 0 Å². The molecule has 3 N–H and O–H groups in total. The van der Waals surface area contributed by atoms with Crippen LogP contribution in [0.1, 0.15) is 46.0 Å². The van der Waals surface area contributed by atoms with E-state index in [2.05, 4.69) is 24.3 Å². The molecule has 4 nitrogen and oxygen atoms in total. The third-order valence-electron chi connectivity index (χ3n) is 3.25. The van der Waals surface area contributed by atoms with Gasteiger partial charge in [0.05, 0.1) is 0 Å². The molecular formula is C13H27N3O. The van der Waals surface area contributed by atoms with Gasteiger partial charge in [-0.15, -0.1) is 0 Å². The fourth-order valence-electron chi connectivity index (χ4n) is 2.42. The minimum Gasteiger partial charge on any atom is -0.330 e. The number of hydrogen-bond acceptors (Lipinski definition) is 3. The Bertz CT molecular complexity index is 225. The molecule has 0 unspecified atom stereocenters. The summed E-state index contributed by atoms with van der Waals surface area (Å²) in [5, 5.41) is 2.05. The van der Waals surface area contributed by atoms with E-state index in [9.17, 15) is 4.79 Å². The number of carbonyl (C=O) groups excluding carboxylic acids is 1. The van der Waals surface area contributed by atoms with Crippen molar-refractivity contribution in [1.82, 2.24) is 10.4 Å². The van der Waals surface area contributed by atoms with E-state index >= 15 is 0 Å². The Morgan fingerprint density at radius 1 is 1.29 bits per heavy atom. The van der Waals surface area contributed by atoms with Gasteiger partial charge in [-0.1, -0.05) is 20.3 Å². The second-order valence-corrected chi connectivity index (χ2v) is 5.52. The molecule has 0 bridgehead atoms. The summed E-state index contributed by atoms with van der Waals surface area (Å²) in [6.07, 6.45) is 5.25. The molecule has 1 atom stereocenters. The van der Waals surface area contributed by atoms with Gasteiger partial charge in [0, 0.05) is 19.5 Å². The minimum atomic E-state index is 0.128. The molecule has 4 heteroatoms. The Balaban J connectivity index is 2.26. The van der Waals surface area contributed by atoms with Gasteiger partial charge in [-0.05, 0) is 37.6 Å². The molecule has 100 valence electrons. The van der Waals surface area contributed by atoms with Crippen molar-refractivity contribution >= 4 is 5.91 Å². The number of amides is 1. The number of nitrogens with zero attached hydrogens (tertiary/aromatic N) is 1. The molecule has 0 aromatic carbocycles. The Labute approximate surface area is 105 Å². The van der Waals surface area contributed by atoms with E-state index in [0.717, 1.165) is 19.5 Å². The zero-order chi connectivity index (χ0) is 12.7. The maximum absolute atomic E-state index is 11.9. The Hall–Kier alpha value is -0.610. The van der Waals surface area contributed by atoms with Crippen molar-refractivity contribution in [2.75, 3.05) is 19.6 Å². The SMILES string of the molecule is CC(C)C[C@H](CN)CC(=O)NN1CCCCC1. The first-order valence-electron chi connectivity index (χ1n) is 6.86. The average Bonchev–Trinajstić information content (AvgIpc) is 2.28. The van der Waals surface area contributed by atoms with Gasteiger partial charge in [0.1, 0.15) is 0 Å². The zero-order valence-corrected chi connectivity index (χ0v) is 11.2. The monoisotopic (exact) mass is 241 g/mol. The summed E-state index contributed by atoms with van der Waals surface area (Å²) in [6.45, 7) is 6.93. The number of rotatable bonds is 6. The molecule has 0 aromatic rings. The maximum atomic E-state index is 11.9. The molecule has 1 heterocycles. The van der Waals surface area contributed by atoms with Crippen LogP contribution in [-0.4, -0.2) is 30.6 Å². The summed E-state index contributed by atoms with van der Waals surface area (Å²) in [6, 6.07) is 0. The predicted molar refractivity (Wildman–Crippen MR) is 70.2 cm³/mol. The minimum absolute atomic E-state index is 0.128. The van der Waals surface area contributed by atoms with Crippen molar-refractivity contribution in [2.45, 2.75) is 46.0 Å². The summed E-state index contributed by atoms with van der Waals surface area (Å²) < 4.78 is 0. The number of piperidine rings is 1. The molecular weight excluding hydrogens is 214 g/mol. The van der Waals surface area contributed by atoms with Gasteiger partial charge in [0.2, 0.25) is 5.91 Å². The maximum Gasteiger partial charge on any atom is 0.234 e. The third kappa shape index (κ3) is 6.03. The Morgan fingerprint density at radius 2 is 1.94 bits per heavy atom. The Kier molecular flexibility index (Phi) is 6.52. The molecule has 0 aliphatic carbocycles. The Morgan fingerprint density at radius 3 is 2.47 bits per heavy atom. The first-order valence-corrected chi connectivity index (χ1v) is 6.86. The number of carbonyl (C=O) groups is 1. The lowest BCUT2D eigenvalue weighted by atomic mass is 9.94. The van der Waals surface area contributed by atoms with Crippen molar-refractivity contribution in [3.05, 3.63) is 0 Å². The average molecular weight is 241 g/mol. The highest BCUT2D eigenvalue weighted by Gasteiger charge is 2.17. The lowest BCUT2D eigenvalue weighted by Gasteiger charge is -2.27. The molecule has 1 aliphatic heterocycles. The van der Waals surface area contributed by atoms with Crippen molar-refractivity contribution in [2.24, 2.45) is 17.6 Å². The number of hydrazine groups is 1. The van der Waals surface area contributed by atoms with Crippen LogP contribution in [0.25, 0.3) is 0 Å². The second kappa shape index (κ2) is 7.67. The number of nitrogens with one attached hydrogen (secondary N) is 1. The fraction of sp³-hybridized carbons (Fsp3) is 0.923. The first kappa shape index (κ1) is 14.5. The van der Waals surface area contributed by atoms with Gasteiger partial charge < -0.3 is 5.73 Å². The van der Waals surface area contributed by atoms with E-state index in [1.54, 1.807) is 0 Å². The van der Waals surface area contributed by atoms with Crippen molar-refractivity contribution in [3.8, 4) is 0 Å². The summed E-state index contributed by atoms with van der Waals surface area (Å²) in [7, 11) is 0. The predicted octanol–water partition coefficient (Wildman–Crippen LogP) is 1.51. The first-order chi connectivity index (χ1) is 8.11. The van der Waals surface area contributed by atoms with Gasteiger partial charge in [0.15, 0.2) is 0 Å². The van der Waals surface area contributed by atoms with Crippen LogP contribution in [0.4, 0.5) is 0 Å². The van der Waals surface area contributed by atoms with Crippen LogP contribution < -0.4 is 11.2 Å². The molecule has 0 aromatic heterocycles. The summed E-state index contributed by atoms with van der Waals surface area (Å²) in [4.78, 5) is 11.9. The molecule has 0 radical (unpaired) electrons. The lowest BCUT2D eigenvalue weighted by molar-refractivity contribution is -0.127. The summed E-state index contributed by atoms with van der Waals surface area (Å²) in [5.74, 6) is 1.05. The highest BCUT2D eigenvalue weighted by Crippen LogP contribution is 2.14. The largest absolute Gasteiger partial charge is 0.330 e. The topological polar surface area (TPSA) is 58.4 Å². The quantitative estimate of drug-likeness (QED) is 0.741. The van der Waals surface area contributed by atoms with E-state index < -0.39 is 0 Å². The van der Waals surface area contributed by atoms with Crippen LogP contribution >= 0.6 is 0 Å². The van der Waals surface area contributed by atoms with Crippen molar-refractivity contribution in [3.63, 3.8) is 0 Å². The standard InChI is InChI=1S/C13H27N3O/c1-11(2)8-12(10-14)9-13(17)15-16-6-4-3-5-7-16/h11-12H,3-10,14H2,1-2H3,(H,15,17)/t12-/m0/s1. The molecule has 1 aliphatic rings. The zero-order valence-electron chi connectivity index (χ0n) is 11.2. The van der Waals surface area contributed by atoms with E-state index in [-0.39, 0.29) is 5.91 Å². The second-order valence-electron chi connectivity index (χ2n) is 5.52. The molecule has 1 saturated heterocycles. The molecule has 0 spiro atoms. The van der Waals surface area contributed by atoms with Crippen LogP contribution in [0.15, 0.2) is 0 Å². The van der Waals surface area contributed by atoms with Crippen LogP contribution in [0.3, 0.4) is 0 Å². The van der Waals surface area contributed by atoms with Crippen LogP contribution in [0, 0.1) is 11.8 Å². The van der Waals surface area contributed by atoms with Crippen molar-refractivity contribution < 1.29 is 4.79 Å². The summed E-state index contributed by atoms with van der Waals surface area (Å²) in [5.41, 5.74) is 8.70. The highest BCUT2D eigenvalue weighted by molar-refractivity contribution is 5.75. The van der Waals surface area contributed by atoms with E-state index in [4.69, 9.17) is 5.73 Å². The molecule has 17 heavy (non-hydrogen) atoms. The van der Waals surface area contributed by atoms with E-state index in [1.165, 1.54) is 19.3 Å². The molecule has 0 saturated carbocycles. The van der Waals surface area contributed by atoms with Crippen LogP contribution in [-0.2, 0) is 4.79 Å². The smallest absolute Gasteiger partial charge is 0.234 e. The fourth-order valence-corrected chi connectivity index (χ4v) is 2.42. The van der Waals surface area contributed by atoms with Gasteiger partial charge in [-0.25, -0.2) is 5.01 Å². The molecule has 1 amide bonds. The van der Waals surface area contributed by atoms with Crippen LogP contribution in [0.2, 0.25) is 0 Å². The number of hydrogen-bond donors (Lipinski definition) is 2. The van der Waals surface area contributed by atoms with Gasteiger partial charge in [0.25, 0.3) is 0 Å². The van der Waals surface area contributed by atoms with Gasteiger partial charge in [-0.3, -0.25) is 10.2 Å². The van der Waals surface area contributed by atoms with Crippen molar-refractivity contribution in [1.29, 1.82) is 0 Å². The van der Waals surface area contributed by atoms with Crippen LogP contribution in [0.5, 0.6) is 0 Å². The normalized spacial score (nSPS) is 19.3. The lowest BCUT2D eigenvalue weighted by Crippen LogP contribution is -2.45. The summed E-state index contributed by atoms with van der Waals surface area (Å²) >= 11 is 0. The third-order valence-corrected chi connectivity index (χ3v) is 3.25. The van der Waals surface area contributed by atoms with E-state index in [0.29, 0.717) is 24.8 Å². The van der Waals surface area contributed by atoms with E-state index in [1.807, 2.05) is 0 Å². The number of nitrogens with two attached hydrogens (primary N) is 1. The highest BCUT2D eigenvalue weighted by atomic mass is 16.2.